The summed E-state index contributed by atoms with van der Waals surface area (Å²) in [5.41, 5.74) is 2.19. The molecule has 0 aromatic carbocycles. The highest BCUT2D eigenvalue weighted by molar-refractivity contribution is 14.1. The van der Waals surface area contributed by atoms with Gasteiger partial charge >= 0.3 is 0 Å². The van der Waals surface area contributed by atoms with Crippen LogP contribution in [-0.4, -0.2) is 12.1 Å². The second kappa shape index (κ2) is 5.87. The Morgan fingerprint density at radius 1 is 1.87 bits per heavy atom. The minimum atomic E-state index is -0.450. The molecule has 1 heterocycles. The summed E-state index contributed by atoms with van der Waals surface area (Å²) in [5.74, 6) is 0.0672. The van der Waals surface area contributed by atoms with Gasteiger partial charge < -0.3 is 4.42 Å². The van der Waals surface area contributed by atoms with Crippen molar-refractivity contribution in [3.63, 3.8) is 0 Å². The van der Waals surface area contributed by atoms with Crippen LogP contribution in [0.5, 0.6) is 0 Å². The summed E-state index contributed by atoms with van der Waals surface area (Å²) >= 11 is 5.29. The number of hydrazone groups is 1. The molecule has 0 aliphatic heterocycles. The van der Waals surface area contributed by atoms with Gasteiger partial charge in [0.2, 0.25) is 0 Å². The van der Waals surface area contributed by atoms with E-state index < -0.39 is 5.91 Å². The zero-order chi connectivity index (χ0) is 11.3. The molecular formula is C8H5BrIN3O2. The molecule has 1 aromatic heterocycles. The Bertz CT molecular complexity index is 416. The number of nitriles is 1. The Morgan fingerprint density at radius 3 is 3.13 bits per heavy atom. The molecule has 0 atom stereocenters. The van der Waals surface area contributed by atoms with Crippen LogP contribution in [0.1, 0.15) is 12.2 Å². The third-order valence-electron chi connectivity index (χ3n) is 1.28. The molecule has 0 spiro atoms. The molecule has 0 bridgehead atoms. The quantitative estimate of drug-likeness (QED) is 0.494. The molecule has 15 heavy (non-hydrogen) atoms. The number of carbonyl (C=O) groups is 1. The average Bonchev–Trinajstić information content (AvgIpc) is 2.46. The second-order valence-electron chi connectivity index (χ2n) is 2.40. The number of hydrogen-bond acceptors (Lipinski definition) is 4. The van der Waals surface area contributed by atoms with Crippen LogP contribution in [0.2, 0.25) is 0 Å². The SMILES string of the molecule is N#CCC(=O)NN=Cc1cc(Br)c(I)o1. The Labute approximate surface area is 108 Å². The van der Waals surface area contributed by atoms with E-state index in [1.165, 1.54) is 6.21 Å². The molecule has 0 saturated carbocycles. The number of hydrogen-bond donors (Lipinski definition) is 1. The van der Waals surface area contributed by atoms with Gasteiger partial charge in [0.15, 0.2) is 3.77 Å². The number of rotatable bonds is 3. The molecular weight excluding hydrogens is 377 g/mol. The summed E-state index contributed by atoms with van der Waals surface area (Å²) in [4.78, 5) is 10.8. The molecule has 0 aliphatic carbocycles. The molecule has 1 N–H and O–H groups in total. The summed E-state index contributed by atoms with van der Waals surface area (Å²) in [7, 11) is 0. The van der Waals surface area contributed by atoms with Crippen molar-refractivity contribution >= 4 is 50.6 Å². The normalized spacial score (nSPS) is 10.2. The topological polar surface area (TPSA) is 78.4 Å². The molecule has 1 aromatic rings. The van der Waals surface area contributed by atoms with Crippen molar-refractivity contribution in [3.05, 3.63) is 20.1 Å². The van der Waals surface area contributed by atoms with E-state index >= 15 is 0 Å². The Balaban J connectivity index is 2.52. The van der Waals surface area contributed by atoms with Gasteiger partial charge in [0.1, 0.15) is 12.2 Å². The lowest BCUT2D eigenvalue weighted by atomic mass is 10.5. The fourth-order valence-corrected chi connectivity index (χ4v) is 1.42. The third kappa shape index (κ3) is 4.01. The summed E-state index contributed by atoms with van der Waals surface area (Å²) in [6.45, 7) is 0. The van der Waals surface area contributed by atoms with Crippen molar-refractivity contribution in [1.82, 2.24) is 5.43 Å². The van der Waals surface area contributed by atoms with Gasteiger partial charge in [-0.25, -0.2) is 5.43 Å². The van der Waals surface area contributed by atoms with Crippen molar-refractivity contribution in [1.29, 1.82) is 5.26 Å². The van der Waals surface area contributed by atoms with Crippen LogP contribution < -0.4 is 5.43 Å². The zero-order valence-electron chi connectivity index (χ0n) is 7.33. The molecule has 1 amide bonds. The zero-order valence-corrected chi connectivity index (χ0v) is 11.1. The third-order valence-corrected chi connectivity index (χ3v) is 3.42. The van der Waals surface area contributed by atoms with Crippen LogP contribution >= 0.6 is 38.5 Å². The number of amides is 1. The fraction of sp³-hybridized carbons (Fsp3) is 0.125. The van der Waals surface area contributed by atoms with Crippen molar-refractivity contribution in [2.24, 2.45) is 5.10 Å². The highest BCUT2D eigenvalue weighted by Gasteiger charge is 2.03. The molecule has 1 rings (SSSR count). The van der Waals surface area contributed by atoms with Gasteiger partial charge in [-0.05, 0) is 15.9 Å². The number of nitrogens with one attached hydrogen (secondary N) is 1. The van der Waals surface area contributed by atoms with Gasteiger partial charge in [-0.2, -0.15) is 10.4 Å². The first kappa shape index (κ1) is 12.2. The lowest BCUT2D eigenvalue weighted by Gasteiger charge is -1.90. The largest absolute Gasteiger partial charge is 0.448 e. The first-order chi connectivity index (χ1) is 7.13. The molecule has 0 aliphatic rings. The van der Waals surface area contributed by atoms with Gasteiger partial charge in [0, 0.05) is 28.7 Å². The predicted octanol–water partition coefficient (Wildman–Crippen LogP) is 2.01. The smallest absolute Gasteiger partial charge is 0.254 e. The maximum absolute atomic E-state index is 10.8. The lowest BCUT2D eigenvalue weighted by Crippen LogP contribution is -2.15. The van der Waals surface area contributed by atoms with Crippen LogP contribution in [0.4, 0.5) is 0 Å². The Morgan fingerprint density at radius 2 is 2.60 bits per heavy atom. The van der Waals surface area contributed by atoms with Crippen LogP contribution in [-0.2, 0) is 4.79 Å². The highest BCUT2D eigenvalue weighted by atomic mass is 127. The monoisotopic (exact) mass is 381 g/mol. The van der Waals surface area contributed by atoms with E-state index in [1.807, 2.05) is 22.6 Å². The first-order valence-corrected chi connectivity index (χ1v) is 5.64. The van der Waals surface area contributed by atoms with Crippen molar-refractivity contribution < 1.29 is 9.21 Å². The van der Waals surface area contributed by atoms with E-state index in [1.54, 1.807) is 12.1 Å². The van der Waals surface area contributed by atoms with Crippen molar-refractivity contribution in [2.45, 2.75) is 6.42 Å². The number of halogens is 2. The van der Waals surface area contributed by atoms with E-state index in [9.17, 15) is 4.79 Å². The lowest BCUT2D eigenvalue weighted by molar-refractivity contribution is -0.120. The molecule has 78 valence electrons. The second-order valence-corrected chi connectivity index (χ2v) is 4.23. The maximum atomic E-state index is 10.8. The summed E-state index contributed by atoms with van der Waals surface area (Å²) in [5, 5.41) is 11.8. The Hall–Kier alpha value is -0.880. The molecule has 5 nitrogen and oxygen atoms in total. The fourth-order valence-electron chi connectivity index (χ4n) is 0.706. The number of furan rings is 1. The Kier molecular flexibility index (Phi) is 4.77. The minimum Gasteiger partial charge on any atom is -0.448 e. The van der Waals surface area contributed by atoms with Crippen molar-refractivity contribution in [3.8, 4) is 6.07 Å². The molecule has 0 fully saturated rings. The maximum Gasteiger partial charge on any atom is 0.254 e. The van der Waals surface area contributed by atoms with Crippen LogP contribution in [0, 0.1) is 15.1 Å². The van der Waals surface area contributed by atoms with E-state index in [2.05, 4.69) is 26.5 Å². The first-order valence-electron chi connectivity index (χ1n) is 3.77. The number of carbonyl (C=O) groups excluding carboxylic acids is 1. The average molecular weight is 382 g/mol. The van der Waals surface area contributed by atoms with Gasteiger partial charge in [-0.3, -0.25) is 4.79 Å². The van der Waals surface area contributed by atoms with E-state index in [0.717, 1.165) is 4.47 Å². The van der Waals surface area contributed by atoms with E-state index in [0.29, 0.717) is 9.53 Å². The van der Waals surface area contributed by atoms with Gasteiger partial charge in [-0.1, -0.05) is 0 Å². The van der Waals surface area contributed by atoms with Crippen LogP contribution in [0.25, 0.3) is 0 Å². The molecule has 0 unspecified atom stereocenters. The van der Waals surface area contributed by atoms with Crippen LogP contribution in [0.3, 0.4) is 0 Å². The van der Waals surface area contributed by atoms with Gasteiger partial charge in [0.25, 0.3) is 5.91 Å². The molecule has 7 heteroatoms. The summed E-state index contributed by atoms with van der Waals surface area (Å²) < 4.78 is 6.76. The number of nitrogens with zero attached hydrogens (tertiary/aromatic N) is 2. The highest BCUT2D eigenvalue weighted by Crippen LogP contribution is 2.21. The van der Waals surface area contributed by atoms with Crippen LogP contribution in [0.15, 0.2) is 20.1 Å². The predicted molar refractivity (Wildman–Crippen MR) is 65.1 cm³/mol. The minimum absolute atomic E-state index is 0.212. The van der Waals surface area contributed by atoms with Crippen molar-refractivity contribution in [2.75, 3.05) is 0 Å². The molecule has 0 saturated heterocycles. The molecule has 0 radical (unpaired) electrons. The van der Waals surface area contributed by atoms with Gasteiger partial charge in [-0.15, -0.1) is 0 Å². The summed E-state index contributed by atoms with van der Waals surface area (Å²) in [6.07, 6.45) is 1.15. The van der Waals surface area contributed by atoms with E-state index in [4.69, 9.17) is 9.68 Å². The van der Waals surface area contributed by atoms with E-state index in [-0.39, 0.29) is 6.42 Å². The van der Waals surface area contributed by atoms with Gasteiger partial charge in [0.05, 0.1) is 16.8 Å². The summed E-state index contributed by atoms with van der Waals surface area (Å²) in [6, 6.07) is 3.44. The standard InChI is InChI=1S/C8H5BrIN3O2/c9-6-3-5(15-8(6)10)4-12-13-7(14)1-2-11/h3-4H,1H2,(H,13,14).